The summed E-state index contributed by atoms with van der Waals surface area (Å²) in [5.74, 6) is -0.0476. The number of rotatable bonds is 7. The number of hydrogen-bond donors (Lipinski definition) is 1. The van der Waals surface area contributed by atoms with Crippen LogP contribution in [0.2, 0.25) is 0 Å². The summed E-state index contributed by atoms with van der Waals surface area (Å²) in [5, 5.41) is 8.41. The molecule has 0 saturated heterocycles. The van der Waals surface area contributed by atoms with Crippen molar-refractivity contribution in [2.75, 3.05) is 6.54 Å². The van der Waals surface area contributed by atoms with Crippen LogP contribution in [0.3, 0.4) is 0 Å². The normalized spacial score (nSPS) is 26.3. The lowest BCUT2D eigenvalue weighted by molar-refractivity contribution is 0.500. The van der Waals surface area contributed by atoms with E-state index in [0.29, 0.717) is 13.0 Å². The second-order valence-electron chi connectivity index (χ2n) is 5.08. The molecule has 2 atom stereocenters. The van der Waals surface area contributed by atoms with E-state index in [0.717, 1.165) is 19.3 Å². The first-order chi connectivity index (χ1) is 8.94. The van der Waals surface area contributed by atoms with Crippen LogP contribution in [0.5, 0.6) is 0 Å². The molecule has 1 aliphatic carbocycles. The molecule has 2 unspecified atom stereocenters. The second-order valence-corrected chi connectivity index (χ2v) is 7.26. The van der Waals surface area contributed by atoms with E-state index in [9.17, 15) is 8.42 Å². The van der Waals surface area contributed by atoms with Gasteiger partial charge in [0, 0.05) is 13.0 Å². The van der Waals surface area contributed by atoms with Crippen LogP contribution < -0.4 is 4.72 Å². The van der Waals surface area contributed by atoms with Gasteiger partial charge in [-0.1, -0.05) is 37.6 Å². The van der Waals surface area contributed by atoms with E-state index in [1.807, 2.05) is 19.1 Å². The molecule has 0 bridgehead atoms. The summed E-state index contributed by atoms with van der Waals surface area (Å²) in [5.41, 5.74) is 0. The standard InChI is InChI=1S/C14H22N2O2S/c1-13-9-5-6-10-14(13,2)19(17,18)16-12-8-4-3-7-11-15/h5-6,9-10,13,16H,3-4,7-8,12H2,1-2H3. The highest BCUT2D eigenvalue weighted by atomic mass is 32.2. The average molecular weight is 282 g/mol. The molecule has 0 saturated carbocycles. The second kappa shape index (κ2) is 6.88. The Morgan fingerprint density at radius 3 is 2.68 bits per heavy atom. The fraction of sp³-hybridized carbons (Fsp3) is 0.643. The summed E-state index contributed by atoms with van der Waals surface area (Å²) in [7, 11) is -3.38. The van der Waals surface area contributed by atoms with Crippen LogP contribution in [0.1, 0.15) is 39.5 Å². The summed E-state index contributed by atoms with van der Waals surface area (Å²) < 4.78 is 26.5. The topological polar surface area (TPSA) is 70.0 Å². The molecule has 19 heavy (non-hydrogen) atoms. The molecule has 0 aliphatic heterocycles. The van der Waals surface area contributed by atoms with Crippen molar-refractivity contribution >= 4 is 10.0 Å². The summed E-state index contributed by atoms with van der Waals surface area (Å²) >= 11 is 0. The number of sulfonamides is 1. The maximum Gasteiger partial charge on any atom is 0.221 e. The molecule has 0 amide bonds. The molecule has 106 valence electrons. The van der Waals surface area contributed by atoms with E-state index in [1.165, 1.54) is 0 Å². The minimum absolute atomic E-state index is 0.0476. The van der Waals surface area contributed by atoms with Gasteiger partial charge in [0.15, 0.2) is 0 Å². The first-order valence-electron chi connectivity index (χ1n) is 6.66. The first kappa shape index (κ1) is 15.9. The summed E-state index contributed by atoms with van der Waals surface area (Å²) in [4.78, 5) is 0. The lowest BCUT2D eigenvalue weighted by Crippen LogP contribution is -2.47. The van der Waals surface area contributed by atoms with Crippen molar-refractivity contribution in [3.05, 3.63) is 24.3 Å². The number of unbranched alkanes of at least 4 members (excludes halogenated alkanes) is 3. The third-order valence-corrected chi connectivity index (χ3v) is 5.93. The third kappa shape index (κ3) is 3.92. The van der Waals surface area contributed by atoms with E-state index in [4.69, 9.17) is 5.26 Å². The number of hydrogen-bond acceptors (Lipinski definition) is 3. The Morgan fingerprint density at radius 1 is 1.32 bits per heavy atom. The Bertz CT molecular complexity index is 488. The predicted molar refractivity (Wildman–Crippen MR) is 76.9 cm³/mol. The van der Waals surface area contributed by atoms with Crippen molar-refractivity contribution in [3.63, 3.8) is 0 Å². The van der Waals surface area contributed by atoms with Crippen molar-refractivity contribution in [3.8, 4) is 6.07 Å². The molecule has 0 spiro atoms. The molecule has 0 fully saturated rings. The van der Waals surface area contributed by atoms with Crippen LogP contribution in [0.4, 0.5) is 0 Å². The van der Waals surface area contributed by atoms with Crippen molar-refractivity contribution in [1.29, 1.82) is 5.26 Å². The largest absolute Gasteiger partial charge is 0.221 e. The van der Waals surface area contributed by atoms with E-state index in [1.54, 1.807) is 19.1 Å². The molecular weight excluding hydrogens is 260 g/mol. The zero-order valence-corrected chi connectivity index (χ0v) is 12.4. The van der Waals surface area contributed by atoms with Gasteiger partial charge in [0.1, 0.15) is 4.75 Å². The van der Waals surface area contributed by atoms with Gasteiger partial charge in [-0.3, -0.25) is 0 Å². The van der Waals surface area contributed by atoms with Crippen LogP contribution >= 0.6 is 0 Å². The summed E-state index contributed by atoms with van der Waals surface area (Å²) in [6.45, 7) is 4.09. The minimum Gasteiger partial charge on any atom is -0.214 e. The Hall–Kier alpha value is -1.12. The lowest BCUT2D eigenvalue weighted by Gasteiger charge is -2.32. The molecule has 4 nitrogen and oxygen atoms in total. The highest BCUT2D eigenvalue weighted by Crippen LogP contribution is 2.31. The van der Waals surface area contributed by atoms with E-state index >= 15 is 0 Å². The van der Waals surface area contributed by atoms with Gasteiger partial charge in [0.25, 0.3) is 0 Å². The van der Waals surface area contributed by atoms with Gasteiger partial charge in [-0.05, 0) is 25.7 Å². The fourth-order valence-electron chi connectivity index (χ4n) is 2.02. The van der Waals surface area contributed by atoms with Gasteiger partial charge >= 0.3 is 0 Å². The van der Waals surface area contributed by atoms with Gasteiger partial charge in [-0.2, -0.15) is 5.26 Å². The molecule has 0 aromatic rings. The van der Waals surface area contributed by atoms with Crippen LogP contribution in [-0.4, -0.2) is 19.7 Å². The SMILES string of the molecule is CC1C=CC=CC1(C)S(=O)(=O)NCCCCCC#N. The predicted octanol–water partition coefficient (Wildman–Crippen LogP) is 2.51. The summed E-state index contributed by atoms with van der Waals surface area (Å²) in [6.07, 6.45) is 10.3. The van der Waals surface area contributed by atoms with Gasteiger partial charge in [0.2, 0.25) is 10.0 Å². The van der Waals surface area contributed by atoms with E-state index < -0.39 is 14.8 Å². The monoisotopic (exact) mass is 282 g/mol. The quantitative estimate of drug-likeness (QED) is 0.729. The van der Waals surface area contributed by atoms with Crippen LogP contribution in [0.15, 0.2) is 24.3 Å². The molecule has 1 aliphatic rings. The van der Waals surface area contributed by atoms with E-state index in [-0.39, 0.29) is 5.92 Å². The van der Waals surface area contributed by atoms with Gasteiger partial charge in [0.05, 0.1) is 6.07 Å². The maximum absolute atomic E-state index is 12.4. The third-order valence-electron chi connectivity index (χ3n) is 3.68. The van der Waals surface area contributed by atoms with Gasteiger partial charge in [-0.15, -0.1) is 0 Å². The van der Waals surface area contributed by atoms with E-state index in [2.05, 4.69) is 10.8 Å². The van der Waals surface area contributed by atoms with Gasteiger partial charge in [-0.25, -0.2) is 13.1 Å². The van der Waals surface area contributed by atoms with Crippen LogP contribution in [0, 0.1) is 17.2 Å². The highest BCUT2D eigenvalue weighted by Gasteiger charge is 2.41. The number of nitriles is 1. The molecule has 0 heterocycles. The molecule has 0 radical (unpaired) electrons. The van der Waals surface area contributed by atoms with Crippen LogP contribution in [0.25, 0.3) is 0 Å². The highest BCUT2D eigenvalue weighted by molar-refractivity contribution is 7.91. The zero-order valence-electron chi connectivity index (χ0n) is 11.6. The first-order valence-corrected chi connectivity index (χ1v) is 8.14. The minimum atomic E-state index is -3.38. The lowest BCUT2D eigenvalue weighted by atomic mass is 9.91. The van der Waals surface area contributed by atoms with Crippen molar-refractivity contribution in [1.82, 2.24) is 4.72 Å². The molecular formula is C14H22N2O2S. The molecule has 1 N–H and O–H groups in total. The maximum atomic E-state index is 12.4. The van der Waals surface area contributed by atoms with Crippen LogP contribution in [-0.2, 0) is 10.0 Å². The molecule has 1 rings (SSSR count). The number of allylic oxidation sites excluding steroid dienone is 3. The average Bonchev–Trinajstić information content (AvgIpc) is 2.37. The van der Waals surface area contributed by atoms with Crippen molar-refractivity contribution in [2.24, 2.45) is 5.92 Å². The zero-order chi connectivity index (χ0) is 14.4. The Morgan fingerprint density at radius 2 is 2.05 bits per heavy atom. The summed E-state index contributed by atoms with van der Waals surface area (Å²) in [6, 6.07) is 2.08. The molecule has 0 aromatic carbocycles. The fourth-order valence-corrected chi connectivity index (χ4v) is 3.57. The molecule has 0 aromatic heterocycles. The molecule has 5 heteroatoms. The van der Waals surface area contributed by atoms with Crippen molar-refractivity contribution in [2.45, 2.75) is 44.3 Å². The Balaban J connectivity index is 2.50. The number of nitrogens with zero attached hydrogens (tertiary/aromatic N) is 1. The Labute approximate surface area is 116 Å². The smallest absolute Gasteiger partial charge is 0.214 e. The number of nitrogens with one attached hydrogen (secondary N) is 1. The van der Waals surface area contributed by atoms with Crippen molar-refractivity contribution < 1.29 is 8.42 Å². The Kier molecular flexibility index (Phi) is 5.77. The van der Waals surface area contributed by atoms with Gasteiger partial charge < -0.3 is 0 Å².